The quantitative estimate of drug-likeness (QED) is 0.421. The minimum absolute atomic E-state index is 0.0789. The molecule has 29 heavy (non-hydrogen) atoms. The Labute approximate surface area is 174 Å². The summed E-state index contributed by atoms with van der Waals surface area (Å²) in [4.78, 5) is 14.6. The molecule has 7 heteroatoms. The number of hydrogen-bond donors (Lipinski definition) is 0. The lowest BCUT2D eigenvalue weighted by Gasteiger charge is -2.17. The summed E-state index contributed by atoms with van der Waals surface area (Å²) in [7, 11) is 0. The van der Waals surface area contributed by atoms with Crippen molar-refractivity contribution in [2.24, 2.45) is 0 Å². The van der Waals surface area contributed by atoms with Crippen LogP contribution in [-0.4, -0.2) is 33.0 Å². The number of carbonyl (C=O) groups is 1. The molecule has 2 heterocycles. The third-order valence-electron chi connectivity index (χ3n) is 4.73. The number of allylic oxidation sites excluding steroid dienone is 1. The summed E-state index contributed by atoms with van der Waals surface area (Å²) in [5.74, 6) is 1.87. The minimum Gasteiger partial charge on any atom is -0.486 e. The van der Waals surface area contributed by atoms with Crippen LogP contribution >= 0.6 is 11.8 Å². The minimum atomic E-state index is 0.0789. The fraction of sp³-hybridized carbons (Fsp3) is 0.227. The van der Waals surface area contributed by atoms with E-state index in [1.807, 2.05) is 58.0 Å². The number of anilines is 1. The van der Waals surface area contributed by atoms with Crippen molar-refractivity contribution < 1.29 is 9.53 Å². The van der Waals surface area contributed by atoms with Gasteiger partial charge in [-0.05, 0) is 30.2 Å². The van der Waals surface area contributed by atoms with Crippen LogP contribution in [0.15, 0.2) is 72.4 Å². The van der Waals surface area contributed by atoms with Gasteiger partial charge in [-0.2, -0.15) is 0 Å². The van der Waals surface area contributed by atoms with Gasteiger partial charge in [0.1, 0.15) is 12.4 Å². The number of aromatic nitrogens is 3. The summed E-state index contributed by atoms with van der Waals surface area (Å²) < 4.78 is 7.73. The predicted octanol–water partition coefficient (Wildman–Crippen LogP) is 3.72. The first-order valence-electron chi connectivity index (χ1n) is 9.48. The molecule has 4 rings (SSSR count). The van der Waals surface area contributed by atoms with Gasteiger partial charge in [0.05, 0.1) is 5.75 Å². The molecule has 1 amide bonds. The van der Waals surface area contributed by atoms with Gasteiger partial charge in [0.25, 0.3) is 0 Å². The highest BCUT2D eigenvalue weighted by atomic mass is 32.2. The van der Waals surface area contributed by atoms with E-state index in [0.717, 1.165) is 24.4 Å². The van der Waals surface area contributed by atoms with Gasteiger partial charge >= 0.3 is 0 Å². The molecule has 0 saturated carbocycles. The van der Waals surface area contributed by atoms with Crippen LogP contribution in [0.4, 0.5) is 5.69 Å². The van der Waals surface area contributed by atoms with Crippen molar-refractivity contribution in [2.75, 3.05) is 17.2 Å². The first kappa shape index (κ1) is 19.3. The molecule has 6 nitrogen and oxygen atoms in total. The van der Waals surface area contributed by atoms with E-state index in [1.165, 1.54) is 17.3 Å². The summed E-state index contributed by atoms with van der Waals surface area (Å²) in [5, 5.41) is 9.22. The van der Waals surface area contributed by atoms with Gasteiger partial charge in [0, 0.05) is 18.8 Å². The lowest BCUT2D eigenvalue weighted by Crippen LogP contribution is -2.30. The highest BCUT2D eigenvalue weighted by molar-refractivity contribution is 7.99. The topological polar surface area (TPSA) is 60.2 Å². The molecule has 0 fully saturated rings. The Balaban J connectivity index is 1.41. The fourth-order valence-electron chi connectivity index (χ4n) is 3.31. The lowest BCUT2D eigenvalue weighted by atomic mass is 10.2. The summed E-state index contributed by atoms with van der Waals surface area (Å²) in [6.45, 7) is 5.41. The second-order valence-electron chi connectivity index (χ2n) is 6.61. The molecule has 0 saturated heterocycles. The SMILES string of the molecule is C=CCn1c(COc2ccccc2)nnc1SCC(=O)N1CCc2ccccc21. The van der Waals surface area contributed by atoms with Gasteiger partial charge in [-0.1, -0.05) is 54.2 Å². The van der Waals surface area contributed by atoms with Crippen molar-refractivity contribution in [3.8, 4) is 5.75 Å². The van der Waals surface area contributed by atoms with E-state index in [-0.39, 0.29) is 5.91 Å². The summed E-state index contributed by atoms with van der Waals surface area (Å²) in [5.41, 5.74) is 2.24. The number of hydrogen-bond acceptors (Lipinski definition) is 5. The van der Waals surface area contributed by atoms with E-state index >= 15 is 0 Å². The Morgan fingerprint density at radius 3 is 2.76 bits per heavy atom. The molecule has 148 valence electrons. The van der Waals surface area contributed by atoms with Crippen molar-refractivity contribution in [1.29, 1.82) is 0 Å². The summed E-state index contributed by atoms with van der Waals surface area (Å²) in [6, 6.07) is 17.7. The zero-order chi connectivity index (χ0) is 20.1. The van der Waals surface area contributed by atoms with Gasteiger partial charge in [0.2, 0.25) is 5.91 Å². The number of rotatable bonds is 8. The maximum Gasteiger partial charge on any atom is 0.237 e. The standard InChI is InChI=1S/C22H22N4O2S/c1-2-13-26-20(15-28-18-9-4-3-5-10-18)23-24-22(26)29-16-21(27)25-14-12-17-8-6-7-11-19(17)25/h2-11H,1,12-16H2. The summed E-state index contributed by atoms with van der Waals surface area (Å²) in [6.07, 6.45) is 2.69. The Morgan fingerprint density at radius 2 is 1.93 bits per heavy atom. The highest BCUT2D eigenvalue weighted by Gasteiger charge is 2.24. The van der Waals surface area contributed by atoms with Crippen molar-refractivity contribution in [3.05, 3.63) is 78.6 Å². The molecular weight excluding hydrogens is 384 g/mol. The molecule has 0 unspecified atom stereocenters. The molecular formula is C22H22N4O2S. The van der Waals surface area contributed by atoms with Gasteiger partial charge < -0.3 is 9.64 Å². The average molecular weight is 407 g/mol. The maximum atomic E-state index is 12.8. The molecule has 0 bridgehead atoms. The number of amides is 1. The number of ether oxygens (including phenoxy) is 1. The Kier molecular flexibility index (Phi) is 5.95. The van der Waals surface area contributed by atoms with Crippen LogP contribution < -0.4 is 9.64 Å². The van der Waals surface area contributed by atoms with Crippen LogP contribution in [0.5, 0.6) is 5.75 Å². The highest BCUT2D eigenvalue weighted by Crippen LogP contribution is 2.29. The van der Waals surface area contributed by atoms with Crippen LogP contribution in [0.3, 0.4) is 0 Å². The molecule has 0 N–H and O–H groups in total. The molecule has 0 atom stereocenters. The fourth-order valence-corrected chi connectivity index (χ4v) is 4.15. The zero-order valence-corrected chi connectivity index (χ0v) is 16.8. The van der Waals surface area contributed by atoms with Crippen LogP contribution in [0.25, 0.3) is 0 Å². The molecule has 0 spiro atoms. The number of benzene rings is 2. The van der Waals surface area contributed by atoms with Crippen LogP contribution in [0.2, 0.25) is 0 Å². The van der Waals surface area contributed by atoms with Crippen LogP contribution in [-0.2, 0) is 24.4 Å². The smallest absolute Gasteiger partial charge is 0.237 e. The second-order valence-corrected chi connectivity index (χ2v) is 7.56. The van der Waals surface area contributed by atoms with Crippen LogP contribution in [0, 0.1) is 0 Å². The van der Waals surface area contributed by atoms with Crippen molar-refractivity contribution in [3.63, 3.8) is 0 Å². The summed E-state index contributed by atoms with van der Waals surface area (Å²) >= 11 is 1.39. The number of carbonyl (C=O) groups excluding carboxylic acids is 1. The van der Waals surface area contributed by atoms with Gasteiger partial charge in [0.15, 0.2) is 11.0 Å². The molecule has 1 aliphatic heterocycles. The monoisotopic (exact) mass is 406 g/mol. The van der Waals surface area contributed by atoms with E-state index in [1.54, 1.807) is 6.08 Å². The predicted molar refractivity (Wildman–Crippen MR) is 114 cm³/mol. The first-order valence-corrected chi connectivity index (χ1v) is 10.5. The van der Waals surface area contributed by atoms with Gasteiger partial charge in [-0.15, -0.1) is 16.8 Å². The van der Waals surface area contributed by atoms with Gasteiger partial charge in [-0.3, -0.25) is 9.36 Å². The first-order chi connectivity index (χ1) is 14.3. The third-order valence-corrected chi connectivity index (χ3v) is 5.68. The van der Waals surface area contributed by atoms with Crippen molar-refractivity contribution in [2.45, 2.75) is 24.7 Å². The van der Waals surface area contributed by atoms with E-state index in [0.29, 0.717) is 29.9 Å². The van der Waals surface area contributed by atoms with E-state index < -0.39 is 0 Å². The molecule has 2 aromatic carbocycles. The third kappa shape index (κ3) is 4.35. The van der Waals surface area contributed by atoms with Crippen molar-refractivity contribution in [1.82, 2.24) is 14.8 Å². The van der Waals surface area contributed by atoms with E-state index in [4.69, 9.17) is 4.74 Å². The molecule has 1 aliphatic rings. The van der Waals surface area contributed by atoms with Gasteiger partial charge in [-0.25, -0.2) is 0 Å². The largest absolute Gasteiger partial charge is 0.486 e. The van der Waals surface area contributed by atoms with Crippen LogP contribution in [0.1, 0.15) is 11.4 Å². The number of nitrogens with zero attached hydrogens (tertiary/aromatic N) is 4. The second kappa shape index (κ2) is 8.96. The van der Waals surface area contributed by atoms with E-state index in [2.05, 4.69) is 22.8 Å². The average Bonchev–Trinajstić information content (AvgIpc) is 3.36. The Hall–Kier alpha value is -3.06. The number of fused-ring (bicyclic) bond motifs is 1. The maximum absolute atomic E-state index is 12.8. The Bertz CT molecular complexity index is 1000. The normalized spacial score (nSPS) is 12.6. The molecule has 1 aromatic heterocycles. The van der Waals surface area contributed by atoms with E-state index in [9.17, 15) is 4.79 Å². The molecule has 0 aliphatic carbocycles. The molecule has 3 aromatic rings. The number of para-hydroxylation sites is 2. The Morgan fingerprint density at radius 1 is 1.14 bits per heavy atom. The number of thioether (sulfide) groups is 1. The van der Waals surface area contributed by atoms with Crippen molar-refractivity contribution >= 4 is 23.4 Å². The molecule has 0 radical (unpaired) electrons. The zero-order valence-electron chi connectivity index (χ0n) is 16.0. The lowest BCUT2D eigenvalue weighted by molar-refractivity contribution is -0.116.